The zero-order valence-electron chi connectivity index (χ0n) is 11.0. The molecule has 1 atom stereocenters. The normalized spacial score (nSPS) is 23.9. The fourth-order valence-corrected chi connectivity index (χ4v) is 2.40. The Hall–Kier alpha value is -1.06. The van der Waals surface area contributed by atoms with Gasteiger partial charge in [0.1, 0.15) is 0 Å². The van der Waals surface area contributed by atoms with Crippen molar-refractivity contribution in [3.05, 3.63) is 29.3 Å². The highest BCUT2D eigenvalue weighted by molar-refractivity contribution is 6.30. The molecule has 2 rings (SSSR count). The van der Waals surface area contributed by atoms with Crippen LogP contribution in [0.3, 0.4) is 0 Å². The molecule has 1 saturated heterocycles. The molecule has 0 aromatic heterocycles. The summed E-state index contributed by atoms with van der Waals surface area (Å²) in [6.45, 7) is 6.78. The molecular formula is C14H19ClN2O. The number of hydrogen-bond acceptors (Lipinski definition) is 2. The number of nitrogens with zero attached hydrogens (tertiary/aromatic N) is 1. The van der Waals surface area contributed by atoms with E-state index >= 15 is 0 Å². The molecule has 0 spiro atoms. The maximum atomic E-state index is 12.6. The second-order valence-electron chi connectivity index (χ2n) is 5.34. The molecule has 18 heavy (non-hydrogen) atoms. The van der Waals surface area contributed by atoms with Gasteiger partial charge >= 0.3 is 0 Å². The molecule has 98 valence electrons. The summed E-state index contributed by atoms with van der Waals surface area (Å²) in [6.07, 6.45) is 0.942. The lowest BCUT2D eigenvalue weighted by Crippen LogP contribution is -2.53. The minimum atomic E-state index is -0.523. The molecule has 0 bridgehead atoms. The first-order valence-electron chi connectivity index (χ1n) is 6.26. The average Bonchev–Trinajstić information content (AvgIpc) is 2.40. The summed E-state index contributed by atoms with van der Waals surface area (Å²) in [7, 11) is 0. The van der Waals surface area contributed by atoms with E-state index in [4.69, 9.17) is 11.6 Å². The van der Waals surface area contributed by atoms with E-state index in [0.717, 1.165) is 18.7 Å². The van der Waals surface area contributed by atoms with Crippen LogP contribution in [-0.4, -0.2) is 24.0 Å². The lowest BCUT2D eigenvalue weighted by molar-refractivity contribution is -0.123. The molecule has 1 aromatic rings. The molecule has 0 saturated carbocycles. The molecule has 4 heteroatoms. The van der Waals surface area contributed by atoms with Crippen molar-refractivity contribution in [3.63, 3.8) is 0 Å². The molecular weight excluding hydrogens is 248 g/mol. The predicted octanol–water partition coefficient (Wildman–Crippen LogP) is 2.83. The largest absolute Gasteiger partial charge is 0.308 e. The minimum absolute atomic E-state index is 0.106. The van der Waals surface area contributed by atoms with Gasteiger partial charge in [-0.05, 0) is 58.0 Å². The van der Waals surface area contributed by atoms with Crippen molar-refractivity contribution in [1.82, 2.24) is 5.32 Å². The van der Waals surface area contributed by atoms with Crippen LogP contribution in [0.15, 0.2) is 24.3 Å². The number of nitrogens with one attached hydrogen (secondary N) is 1. The van der Waals surface area contributed by atoms with Crippen molar-refractivity contribution in [2.75, 3.05) is 11.4 Å². The van der Waals surface area contributed by atoms with Crippen molar-refractivity contribution in [1.29, 1.82) is 0 Å². The third-order valence-corrected chi connectivity index (χ3v) is 3.68. The Balaban J connectivity index is 2.38. The van der Waals surface area contributed by atoms with Crippen molar-refractivity contribution in [2.24, 2.45) is 0 Å². The Labute approximate surface area is 113 Å². The smallest absolute Gasteiger partial charge is 0.246 e. The molecule has 1 unspecified atom stereocenters. The predicted molar refractivity (Wildman–Crippen MR) is 75.1 cm³/mol. The molecule has 1 fully saturated rings. The first-order valence-corrected chi connectivity index (χ1v) is 6.64. The van der Waals surface area contributed by atoms with Crippen LogP contribution in [0.5, 0.6) is 0 Å². The standard InChI is InChI=1S/C14H19ClN2O/c1-10-8-9-16-14(2,3)13(18)17(10)12-6-4-11(15)5-7-12/h4-7,10,16H,8-9H2,1-3H3. The van der Waals surface area contributed by atoms with Crippen LogP contribution in [0.1, 0.15) is 27.2 Å². The Morgan fingerprint density at radius 2 is 1.94 bits per heavy atom. The van der Waals surface area contributed by atoms with Gasteiger partial charge in [0.05, 0.1) is 5.54 Å². The van der Waals surface area contributed by atoms with Gasteiger partial charge in [0.25, 0.3) is 0 Å². The van der Waals surface area contributed by atoms with E-state index in [1.54, 1.807) is 0 Å². The molecule has 0 radical (unpaired) electrons. The van der Waals surface area contributed by atoms with Crippen molar-refractivity contribution in [2.45, 2.75) is 38.8 Å². The van der Waals surface area contributed by atoms with E-state index in [-0.39, 0.29) is 11.9 Å². The highest BCUT2D eigenvalue weighted by Crippen LogP contribution is 2.26. The average molecular weight is 267 g/mol. The van der Waals surface area contributed by atoms with E-state index in [1.165, 1.54) is 0 Å². The minimum Gasteiger partial charge on any atom is -0.308 e. The Kier molecular flexibility index (Phi) is 3.64. The number of amides is 1. The van der Waals surface area contributed by atoms with Crippen LogP contribution >= 0.6 is 11.6 Å². The molecule has 1 aromatic carbocycles. The molecule has 1 aliphatic rings. The van der Waals surface area contributed by atoms with Gasteiger partial charge in [0, 0.05) is 16.8 Å². The number of carbonyl (C=O) groups is 1. The summed E-state index contributed by atoms with van der Waals surface area (Å²) < 4.78 is 0. The molecule has 3 nitrogen and oxygen atoms in total. The maximum absolute atomic E-state index is 12.6. The fraction of sp³-hybridized carbons (Fsp3) is 0.500. The number of halogens is 1. The van der Waals surface area contributed by atoms with Crippen LogP contribution in [0.4, 0.5) is 5.69 Å². The van der Waals surface area contributed by atoms with Gasteiger partial charge in [-0.2, -0.15) is 0 Å². The summed E-state index contributed by atoms with van der Waals surface area (Å²) in [5.74, 6) is 0.106. The Morgan fingerprint density at radius 3 is 2.56 bits per heavy atom. The van der Waals surface area contributed by atoms with Gasteiger partial charge in [0.2, 0.25) is 5.91 Å². The number of rotatable bonds is 1. The first-order chi connectivity index (χ1) is 8.42. The number of hydrogen-bond donors (Lipinski definition) is 1. The summed E-state index contributed by atoms with van der Waals surface area (Å²) in [6, 6.07) is 7.63. The van der Waals surface area contributed by atoms with Crippen molar-refractivity contribution < 1.29 is 4.79 Å². The summed E-state index contributed by atoms with van der Waals surface area (Å²) in [5, 5.41) is 3.98. The van der Waals surface area contributed by atoms with E-state index in [9.17, 15) is 4.79 Å². The van der Waals surface area contributed by atoms with Crippen LogP contribution in [0, 0.1) is 0 Å². The summed E-state index contributed by atoms with van der Waals surface area (Å²) >= 11 is 5.90. The molecule has 1 amide bonds. The zero-order chi connectivity index (χ0) is 13.3. The van der Waals surface area contributed by atoms with Gasteiger partial charge in [-0.1, -0.05) is 11.6 Å². The highest BCUT2D eigenvalue weighted by Gasteiger charge is 2.37. The fourth-order valence-electron chi connectivity index (χ4n) is 2.27. The summed E-state index contributed by atoms with van der Waals surface area (Å²) in [5.41, 5.74) is 0.387. The molecule has 0 aliphatic carbocycles. The van der Waals surface area contributed by atoms with E-state index in [0.29, 0.717) is 5.02 Å². The third kappa shape index (κ3) is 2.52. The molecule has 1 N–H and O–H groups in total. The Morgan fingerprint density at radius 1 is 1.33 bits per heavy atom. The number of anilines is 1. The second-order valence-corrected chi connectivity index (χ2v) is 5.78. The van der Waals surface area contributed by atoms with Gasteiger partial charge in [-0.3, -0.25) is 4.79 Å². The van der Waals surface area contributed by atoms with Crippen molar-refractivity contribution >= 4 is 23.2 Å². The SMILES string of the molecule is CC1CCNC(C)(C)C(=O)N1c1ccc(Cl)cc1. The lowest BCUT2D eigenvalue weighted by Gasteiger charge is -2.32. The molecule has 1 heterocycles. The van der Waals surface area contributed by atoms with Gasteiger partial charge in [-0.25, -0.2) is 0 Å². The first kappa shape index (κ1) is 13.4. The summed E-state index contributed by atoms with van der Waals surface area (Å²) in [4.78, 5) is 14.5. The van der Waals surface area contributed by atoms with Crippen LogP contribution in [0.2, 0.25) is 5.02 Å². The lowest BCUT2D eigenvalue weighted by atomic mass is 10.0. The van der Waals surface area contributed by atoms with Gasteiger partial charge in [-0.15, -0.1) is 0 Å². The van der Waals surface area contributed by atoms with Gasteiger partial charge in [0.15, 0.2) is 0 Å². The maximum Gasteiger partial charge on any atom is 0.246 e. The van der Waals surface area contributed by atoms with Crippen LogP contribution in [0.25, 0.3) is 0 Å². The van der Waals surface area contributed by atoms with E-state index < -0.39 is 5.54 Å². The van der Waals surface area contributed by atoms with E-state index in [1.807, 2.05) is 43.0 Å². The second kappa shape index (κ2) is 4.90. The highest BCUT2D eigenvalue weighted by atomic mass is 35.5. The molecule has 1 aliphatic heterocycles. The van der Waals surface area contributed by atoms with E-state index in [2.05, 4.69) is 12.2 Å². The zero-order valence-corrected chi connectivity index (χ0v) is 11.8. The monoisotopic (exact) mass is 266 g/mol. The Bertz CT molecular complexity index is 442. The van der Waals surface area contributed by atoms with Crippen molar-refractivity contribution in [3.8, 4) is 0 Å². The number of carbonyl (C=O) groups excluding carboxylic acids is 1. The quantitative estimate of drug-likeness (QED) is 0.848. The third-order valence-electron chi connectivity index (χ3n) is 3.43. The number of benzene rings is 1. The van der Waals surface area contributed by atoms with Crippen LogP contribution in [-0.2, 0) is 4.79 Å². The topological polar surface area (TPSA) is 32.3 Å². The van der Waals surface area contributed by atoms with Gasteiger partial charge < -0.3 is 10.2 Å². The van der Waals surface area contributed by atoms with Crippen LogP contribution < -0.4 is 10.2 Å².